The molecule has 0 spiro atoms. The first-order valence-corrected chi connectivity index (χ1v) is 8.11. The maximum absolute atomic E-state index is 12.0. The fraction of sp³-hybridized carbons (Fsp3) is 0.250. The van der Waals surface area contributed by atoms with Gasteiger partial charge in [-0.2, -0.15) is 0 Å². The summed E-state index contributed by atoms with van der Waals surface area (Å²) < 4.78 is 5.09. The summed E-state index contributed by atoms with van der Waals surface area (Å²) in [6, 6.07) is 16.1. The number of carbonyl (C=O) groups is 3. The van der Waals surface area contributed by atoms with Crippen molar-refractivity contribution in [2.75, 3.05) is 5.32 Å². The zero-order valence-corrected chi connectivity index (χ0v) is 14.3. The van der Waals surface area contributed by atoms with E-state index in [4.69, 9.17) is 4.74 Å². The monoisotopic (exact) mass is 339 g/mol. The summed E-state index contributed by atoms with van der Waals surface area (Å²) in [5.41, 5.74) is 2.28. The van der Waals surface area contributed by atoms with E-state index in [2.05, 4.69) is 5.32 Å². The topological polar surface area (TPSA) is 72.5 Å². The van der Waals surface area contributed by atoms with E-state index in [1.54, 1.807) is 36.4 Å². The van der Waals surface area contributed by atoms with Gasteiger partial charge in [0.25, 0.3) is 5.91 Å². The summed E-state index contributed by atoms with van der Waals surface area (Å²) in [6.45, 7) is 3.45. The lowest BCUT2D eigenvalue weighted by molar-refractivity contribution is -0.153. The van der Waals surface area contributed by atoms with E-state index in [9.17, 15) is 14.4 Å². The molecule has 1 atom stereocenters. The van der Waals surface area contributed by atoms with Crippen LogP contribution in [-0.2, 0) is 14.3 Å². The first-order valence-electron chi connectivity index (χ1n) is 8.11. The van der Waals surface area contributed by atoms with Gasteiger partial charge in [-0.05, 0) is 26.0 Å². The fourth-order valence-electron chi connectivity index (χ4n) is 2.17. The van der Waals surface area contributed by atoms with Gasteiger partial charge in [0.15, 0.2) is 11.9 Å². The summed E-state index contributed by atoms with van der Waals surface area (Å²) in [4.78, 5) is 35.8. The van der Waals surface area contributed by atoms with Gasteiger partial charge >= 0.3 is 5.97 Å². The lowest BCUT2D eigenvalue weighted by Crippen LogP contribution is -2.30. The van der Waals surface area contributed by atoms with Crippen LogP contribution in [0.1, 0.15) is 35.7 Å². The van der Waals surface area contributed by atoms with E-state index < -0.39 is 18.0 Å². The van der Waals surface area contributed by atoms with Crippen molar-refractivity contribution in [3.05, 3.63) is 65.7 Å². The predicted octanol–water partition coefficient (Wildman–Crippen LogP) is 3.53. The van der Waals surface area contributed by atoms with Crippen LogP contribution >= 0.6 is 0 Å². The molecular formula is C20H21NO4. The Balaban J connectivity index is 1.78. The minimum atomic E-state index is -0.930. The Morgan fingerprint density at radius 3 is 2.24 bits per heavy atom. The molecular weight excluding hydrogens is 318 g/mol. The lowest BCUT2D eigenvalue weighted by Gasteiger charge is -2.13. The van der Waals surface area contributed by atoms with Gasteiger partial charge in [-0.1, -0.05) is 48.0 Å². The van der Waals surface area contributed by atoms with E-state index in [0.29, 0.717) is 11.3 Å². The molecule has 25 heavy (non-hydrogen) atoms. The number of amides is 1. The highest BCUT2D eigenvalue weighted by atomic mass is 16.5. The van der Waals surface area contributed by atoms with Gasteiger partial charge in [-0.3, -0.25) is 14.4 Å². The third kappa shape index (κ3) is 5.88. The normalized spacial score (nSPS) is 11.4. The van der Waals surface area contributed by atoms with Crippen LogP contribution in [0.25, 0.3) is 0 Å². The van der Waals surface area contributed by atoms with E-state index >= 15 is 0 Å². The van der Waals surface area contributed by atoms with Gasteiger partial charge in [-0.15, -0.1) is 0 Å². The van der Waals surface area contributed by atoms with Crippen molar-refractivity contribution in [3.8, 4) is 0 Å². The van der Waals surface area contributed by atoms with Gasteiger partial charge in [0.05, 0.1) is 6.42 Å². The SMILES string of the molecule is Cc1ccc(NC(=O)[C@@H](C)OC(=O)CCC(=O)c2ccccc2)cc1. The number of ether oxygens (including phenoxy) is 1. The number of hydrogen-bond acceptors (Lipinski definition) is 4. The Kier molecular flexibility index (Phi) is 6.46. The minimum Gasteiger partial charge on any atom is -0.453 e. The smallest absolute Gasteiger partial charge is 0.307 e. The molecule has 2 aromatic rings. The van der Waals surface area contributed by atoms with Gasteiger partial charge in [0.1, 0.15) is 0 Å². The van der Waals surface area contributed by atoms with Crippen molar-refractivity contribution in [3.63, 3.8) is 0 Å². The van der Waals surface area contributed by atoms with Crippen molar-refractivity contribution in [1.82, 2.24) is 0 Å². The molecule has 0 heterocycles. The summed E-state index contributed by atoms with van der Waals surface area (Å²) >= 11 is 0. The number of anilines is 1. The third-order valence-corrected chi connectivity index (χ3v) is 3.65. The Morgan fingerprint density at radius 1 is 0.960 bits per heavy atom. The molecule has 0 saturated carbocycles. The number of hydrogen-bond donors (Lipinski definition) is 1. The van der Waals surface area contributed by atoms with Crippen molar-refractivity contribution >= 4 is 23.3 Å². The Morgan fingerprint density at radius 2 is 1.60 bits per heavy atom. The fourth-order valence-corrected chi connectivity index (χ4v) is 2.17. The maximum atomic E-state index is 12.0. The van der Waals surface area contributed by atoms with Crippen molar-refractivity contribution in [2.24, 2.45) is 0 Å². The van der Waals surface area contributed by atoms with E-state index in [0.717, 1.165) is 5.56 Å². The molecule has 0 aliphatic carbocycles. The van der Waals surface area contributed by atoms with Crippen LogP contribution in [0, 0.1) is 6.92 Å². The first kappa shape index (κ1) is 18.4. The number of nitrogens with one attached hydrogen (secondary N) is 1. The van der Waals surface area contributed by atoms with Crippen LogP contribution in [-0.4, -0.2) is 23.8 Å². The van der Waals surface area contributed by atoms with Crippen LogP contribution in [0.4, 0.5) is 5.69 Å². The average molecular weight is 339 g/mol. The highest BCUT2D eigenvalue weighted by molar-refractivity contribution is 5.98. The van der Waals surface area contributed by atoms with Crippen LogP contribution in [0.2, 0.25) is 0 Å². The highest BCUT2D eigenvalue weighted by Gasteiger charge is 2.18. The van der Waals surface area contributed by atoms with Gasteiger partial charge in [-0.25, -0.2) is 0 Å². The van der Waals surface area contributed by atoms with Gasteiger partial charge < -0.3 is 10.1 Å². The molecule has 130 valence electrons. The standard InChI is InChI=1S/C20H21NO4/c1-14-8-10-17(11-9-14)21-20(24)15(2)25-19(23)13-12-18(22)16-6-4-3-5-7-16/h3-11,15H,12-13H2,1-2H3,(H,21,24)/t15-/m1/s1. The van der Waals surface area contributed by atoms with Gasteiger partial charge in [0, 0.05) is 17.7 Å². The summed E-state index contributed by atoms with van der Waals surface area (Å²) in [5.74, 6) is -1.11. The van der Waals surface area contributed by atoms with E-state index in [-0.39, 0.29) is 18.6 Å². The summed E-state index contributed by atoms with van der Waals surface area (Å²) in [6.07, 6.45) is -0.939. The molecule has 0 unspecified atom stereocenters. The van der Waals surface area contributed by atoms with Crippen LogP contribution in [0.5, 0.6) is 0 Å². The molecule has 2 aromatic carbocycles. The Hall–Kier alpha value is -2.95. The summed E-state index contributed by atoms with van der Waals surface area (Å²) in [7, 11) is 0. The summed E-state index contributed by atoms with van der Waals surface area (Å²) in [5, 5.41) is 2.68. The molecule has 0 aliphatic heterocycles. The third-order valence-electron chi connectivity index (χ3n) is 3.65. The molecule has 0 saturated heterocycles. The quantitative estimate of drug-likeness (QED) is 0.619. The zero-order valence-electron chi connectivity index (χ0n) is 14.3. The molecule has 0 aliphatic rings. The van der Waals surface area contributed by atoms with Crippen LogP contribution < -0.4 is 5.32 Å². The molecule has 1 N–H and O–H groups in total. The van der Waals surface area contributed by atoms with Crippen molar-refractivity contribution < 1.29 is 19.1 Å². The van der Waals surface area contributed by atoms with Crippen molar-refractivity contribution in [2.45, 2.75) is 32.8 Å². The number of esters is 1. The van der Waals surface area contributed by atoms with Crippen LogP contribution in [0.3, 0.4) is 0 Å². The molecule has 0 radical (unpaired) electrons. The number of rotatable bonds is 7. The van der Waals surface area contributed by atoms with E-state index in [1.807, 2.05) is 25.1 Å². The Bertz CT molecular complexity index is 738. The molecule has 5 nitrogen and oxygen atoms in total. The Labute approximate surface area is 147 Å². The average Bonchev–Trinajstić information content (AvgIpc) is 2.62. The van der Waals surface area contributed by atoms with E-state index in [1.165, 1.54) is 6.92 Å². The molecule has 5 heteroatoms. The second kappa shape index (κ2) is 8.78. The predicted molar refractivity (Wildman–Crippen MR) is 95.4 cm³/mol. The number of carbonyl (C=O) groups excluding carboxylic acids is 3. The molecule has 0 aromatic heterocycles. The minimum absolute atomic E-state index is 0.0507. The number of benzene rings is 2. The second-order valence-electron chi connectivity index (χ2n) is 5.78. The largest absolute Gasteiger partial charge is 0.453 e. The van der Waals surface area contributed by atoms with Crippen LogP contribution in [0.15, 0.2) is 54.6 Å². The molecule has 0 fully saturated rings. The lowest BCUT2D eigenvalue weighted by atomic mass is 10.1. The highest BCUT2D eigenvalue weighted by Crippen LogP contribution is 2.10. The number of Topliss-reactive ketones (excluding diaryl/α,β-unsaturated/α-hetero) is 1. The van der Waals surface area contributed by atoms with Crippen molar-refractivity contribution in [1.29, 1.82) is 0 Å². The molecule has 1 amide bonds. The molecule has 2 rings (SSSR count). The number of aryl methyl sites for hydroxylation is 1. The maximum Gasteiger partial charge on any atom is 0.307 e. The molecule has 0 bridgehead atoms. The first-order chi connectivity index (χ1) is 12.0. The zero-order chi connectivity index (χ0) is 18.2. The number of ketones is 1. The second-order valence-corrected chi connectivity index (χ2v) is 5.78. The van der Waals surface area contributed by atoms with Gasteiger partial charge in [0.2, 0.25) is 0 Å².